The Morgan fingerprint density at radius 1 is 0.950 bits per heavy atom. The van der Waals surface area contributed by atoms with Crippen LogP contribution in [0.25, 0.3) is 0 Å². The van der Waals surface area contributed by atoms with Crippen molar-refractivity contribution in [3.63, 3.8) is 0 Å². The number of alkyl halides is 1. The van der Waals surface area contributed by atoms with Crippen molar-refractivity contribution in [2.45, 2.75) is 30.1 Å². The highest BCUT2D eigenvalue weighted by atomic mass is 35.5. The van der Waals surface area contributed by atoms with Crippen LogP contribution in [-0.2, 0) is 4.79 Å². The largest absolute Gasteiger partial charge is 0.298 e. The highest BCUT2D eigenvalue weighted by Crippen LogP contribution is 2.52. The minimum Gasteiger partial charge on any atom is -0.298 e. The van der Waals surface area contributed by atoms with E-state index in [9.17, 15) is 4.79 Å². The van der Waals surface area contributed by atoms with E-state index >= 15 is 0 Å². The van der Waals surface area contributed by atoms with Gasteiger partial charge in [0.15, 0.2) is 5.78 Å². The van der Waals surface area contributed by atoms with Crippen molar-refractivity contribution < 1.29 is 4.79 Å². The van der Waals surface area contributed by atoms with E-state index in [0.717, 1.165) is 5.56 Å². The predicted molar refractivity (Wildman–Crippen MR) is 82.2 cm³/mol. The quantitative estimate of drug-likeness (QED) is 0.741. The fourth-order valence-electron chi connectivity index (χ4n) is 3.28. The molecule has 0 bridgehead atoms. The number of benzene rings is 2. The first-order valence-electron chi connectivity index (χ1n) is 6.93. The summed E-state index contributed by atoms with van der Waals surface area (Å²) in [4.78, 5) is 11.5. The van der Waals surface area contributed by atoms with Crippen molar-refractivity contribution in [2.75, 3.05) is 0 Å². The number of ketones is 1. The van der Waals surface area contributed by atoms with Crippen LogP contribution in [0.3, 0.4) is 0 Å². The smallest absolute Gasteiger partial charge is 0.154 e. The van der Waals surface area contributed by atoms with E-state index in [0.29, 0.717) is 6.42 Å². The first kappa shape index (κ1) is 13.4. The molecule has 102 valence electrons. The molecule has 3 rings (SSSR count). The van der Waals surface area contributed by atoms with Crippen LogP contribution in [-0.4, -0.2) is 10.7 Å². The van der Waals surface area contributed by atoms with Gasteiger partial charge in [0.05, 0.1) is 0 Å². The fourth-order valence-corrected chi connectivity index (χ4v) is 3.64. The highest BCUT2D eigenvalue weighted by molar-refractivity contribution is 6.36. The fraction of sp³-hybridized carbons (Fsp3) is 0.278. The zero-order valence-electron chi connectivity index (χ0n) is 11.4. The average molecular weight is 285 g/mol. The van der Waals surface area contributed by atoms with Crippen molar-refractivity contribution in [1.82, 2.24) is 0 Å². The van der Waals surface area contributed by atoms with E-state index in [2.05, 4.69) is 24.3 Å². The summed E-state index contributed by atoms with van der Waals surface area (Å²) in [5.74, 6) is 0.329. The summed E-state index contributed by atoms with van der Waals surface area (Å²) in [6, 6.07) is 20.4. The Morgan fingerprint density at radius 3 is 2.00 bits per heavy atom. The second kappa shape index (κ2) is 5.06. The van der Waals surface area contributed by atoms with Gasteiger partial charge >= 0.3 is 0 Å². The molecule has 0 amide bonds. The maximum Gasteiger partial charge on any atom is 0.154 e. The SMILES string of the molecule is C[C@@]1(Cl)C(=O)C[C@H](c2ccccc2)[C@@H]1c1ccccc1. The molecule has 0 radical (unpaired) electrons. The minimum atomic E-state index is -0.818. The Kier molecular flexibility index (Phi) is 3.39. The van der Waals surface area contributed by atoms with E-state index in [1.165, 1.54) is 5.56 Å². The Hall–Kier alpha value is -1.60. The van der Waals surface area contributed by atoms with Gasteiger partial charge in [0.1, 0.15) is 4.87 Å². The van der Waals surface area contributed by atoms with Crippen LogP contribution in [0.5, 0.6) is 0 Å². The number of halogens is 1. The molecule has 1 aliphatic rings. The summed E-state index contributed by atoms with van der Waals surface area (Å²) in [5, 5.41) is 0. The van der Waals surface area contributed by atoms with Crippen LogP contribution < -0.4 is 0 Å². The molecule has 1 saturated carbocycles. The molecule has 1 aliphatic carbocycles. The molecule has 2 aromatic carbocycles. The lowest BCUT2D eigenvalue weighted by Gasteiger charge is -2.28. The molecule has 0 aliphatic heterocycles. The molecule has 1 nitrogen and oxygen atoms in total. The van der Waals surface area contributed by atoms with E-state index in [1.54, 1.807) is 0 Å². The number of carbonyl (C=O) groups is 1. The first-order chi connectivity index (χ1) is 9.60. The molecule has 0 aromatic heterocycles. The molecule has 0 saturated heterocycles. The van der Waals surface area contributed by atoms with Crippen molar-refractivity contribution in [3.05, 3.63) is 71.8 Å². The Morgan fingerprint density at radius 2 is 1.45 bits per heavy atom. The van der Waals surface area contributed by atoms with Crippen LogP contribution in [0.15, 0.2) is 60.7 Å². The molecule has 0 N–H and O–H groups in total. The molecule has 1 fully saturated rings. The van der Waals surface area contributed by atoms with Gasteiger partial charge in [0, 0.05) is 12.3 Å². The molecule has 0 unspecified atom stereocenters. The van der Waals surface area contributed by atoms with Gasteiger partial charge in [0.25, 0.3) is 0 Å². The minimum absolute atomic E-state index is 0.0280. The topological polar surface area (TPSA) is 17.1 Å². The maximum atomic E-state index is 12.3. The second-order valence-corrected chi connectivity index (χ2v) is 6.39. The number of carbonyl (C=O) groups excluding carboxylic acids is 1. The third kappa shape index (κ3) is 2.16. The standard InChI is InChI=1S/C18H17ClO/c1-18(19)16(20)12-15(13-8-4-2-5-9-13)17(18)14-10-6-3-7-11-14/h2-11,15,17H,12H2,1H3/t15-,17+,18-/m1/s1. The number of Topliss-reactive ketones (excluding diaryl/α,β-unsaturated/α-hetero) is 1. The van der Waals surface area contributed by atoms with E-state index in [1.807, 2.05) is 43.3 Å². The Bertz CT molecular complexity index is 604. The lowest BCUT2D eigenvalue weighted by molar-refractivity contribution is -0.119. The summed E-state index contributed by atoms with van der Waals surface area (Å²) in [6.07, 6.45) is 0.517. The molecule has 3 atom stereocenters. The van der Waals surface area contributed by atoms with Gasteiger partial charge < -0.3 is 0 Å². The summed E-state index contributed by atoms with van der Waals surface area (Å²) >= 11 is 6.61. The van der Waals surface area contributed by atoms with Crippen LogP contribution >= 0.6 is 11.6 Å². The van der Waals surface area contributed by atoms with Gasteiger partial charge in [-0.3, -0.25) is 4.79 Å². The molecule has 20 heavy (non-hydrogen) atoms. The summed E-state index contributed by atoms with van der Waals surface area (Å²) in [6.45, 7) is 1.86. The first-order valence-corrected chi connectivity index (χ1v) is 7.30. The number of hydrogen-bond donors (Lipinski definition) is 0. The third-order valence-electron chi connectivity index (χ3n) is 4.32. The summed E-state index contributed by atoms with van der Waals surface area (Å²) < 4.78 is 0. The molecular weight excluding hydrogens is 268 g/mol. The number of rotatable bonds is 2. The molecule has 2 aromatic rings. The van der Waals surface area contributed by atoms with Gasteiger partial charge in [-0.05, 0) is 24.0 Å². The van der Waals surface area contributed by atoms with Crippen molar-refractivity contribution >= 4 is 17.4 Å². The molecule has 2 heteroatoms. The zero-order valence-corrected chi connectivity index (χ0v) is 12.2. The summed E-state index contributed by atoms with van der Waals surface area (Å²) in [7, 11) is 0. The van der Waals surface area contributed by atoms with Gasteiger partial charge in [0.2, 0.25) is 0 Å². The van der Waals surface area contributed by atoms with Crippen LogP contribution in [0, 0.1) is 0 Å². The lowest BCUT2D eigenvalue weighted by atomic mass is 9.80. The lowest BCUT2D eigenvalue weighted by Crippen LogP contribution is -2.29. The van der Waals surface area contributed by atoms with Gasteiger partial charge in [-0.2, -0.15) is 0 Å². The normalized spacial score (nSPS) is 29.6. The van der Waals surface area contributed by atoms with Crippen LogP contribution in [0.1, 0.15) is 36.3 Å². The summed E-state index contributed by atoms with van der Waals surface area (Å²) in [5.41, 5.74) is 2.34. The van der Waals surface area contributed by atoms with Gasteiger partial charge in [-0.15, -0.1) is 11.6 Å². The van der Waals surface area contributed by atoms with Gasteiger partial charge in [-0.1, -0.05) is 60.7 Å². The van der Waals surface area contributed by atoms with Crippen molar-refractivity contribution in [2.24, 2.45) is 0 Å². The second-order valence-electron chi connectivity index (χ2n) is 5.61. The zero-order chi connectivity index (χ0) is 14.2. The predicted octanol–water partition coefficient (Wildman–Crippen LogP) is 4.52. The number of hydrogen-bond acceptors (Lipinski definition) is 1. The van der Waals surface area contributed by atoms with Crippen molar-refractivity contribution in [3.8, 4) is 0 Å². The molecular formula is C18H17ClO. The highest BCUT2D eigenvalue weighted by Gasteiger charge is 2.51. The van der Waals surface area contributed by atoms with Crippen LogP contribution in [0.4, 0.5) is 0 Å². The van der Waals surface area contributed by atoms with E-state index < -0.39 is 4.87 Å². The van der Waals surface area contributed by atoms with Crippen LogP contribution in [0.2, 0.25) is 0 Å². The van der Waals surface area contributed by atoms with Gasteiger partial charge in [-0.25, -0.2) is 0 Å². The molecule has 0 heterocycles. The van der Waals surface area contributed by atoms with E-state index in [-0.39, 0.29) is 17.6 Å². The monoisotopic (exact) mass is 284 g/mol. The third-order valence-corrected chi connectivity index (χ3v) is 4.77. The Balaban J connectivity index is 2.08. The van der Waals surface area contributed by atoms with Crippen molar-refractivity contribution in [1.29, 1.82) is 0 Å². The maximum absolute atomic E-state index is 12.3. The molecule has 0 spiro atoms. The average Bonchev–Trinajstić information content (AvgIpc) is 2.71. The Labute approximate surface area is 124 Å². The van der Waals surface area contributed by atoms with E-state index in [4.69, 9.17) is 11.6 Å².